The molecule has 0 bridgehead atoms. The van der Waals surface area contributed by atoms with Gasteiger partial charge < -0.3 is 14.4 Å². The van der Waals surface area contributed by atoms with Crippen LogP contribution in [0.3, 0.4) is 0 Å². The van der Waals surface area contributed by atoms with E-state index in [0.717, 1.165) is 5.56 Å². The first-order valence-corrected chi connectivity index (χ1v) is 8.59. The molecule has 144 valence electrons. The van der Waals surface area contributed by atoms with Gasteiger partial charge in [0, 0.05) is 19.0 Å². The van der Waals surface area contributed by atoms with Crippen molar-refractivity contribution in [1.82, 2.24) is 0 Å². The van der Waals surface area contributed by atoms with Crippen molar-refractivity contribution < 1.29 is 27.4 Å². The Labute approximate surface area is 155 Å². The van der Waals surface area contributed by atoms with E-state index in [0.29, 0.717) is 36.6 Å². The summed E-state index contributed by atoms with van der Waals surface area (Å²) in [7, 11) is 0. The number of benzene rings is 2. The maximum Gasteiger partial charge on any atom is 0.422 e. The average molecular weight is 379 g/mol. The number of hydrogen-bond acceptors (Lipinski definition) is 4. The van der Waals surface area contributed by atoms with Crippen molar-refractivity contribution in [3.05, 3.63) is 53.6 Å². The lowest BCUT2D eigenvalue weighted by Crippen LogP contribution is -2.24. The molecule has 2 aromatic rings. The smallest absolute Gasteiger partial charge is 0.422 e. The number of ether oxygens (including phenoxy) is 2. The Balaban J connectivity index is 1.85. The predicted octanol–water partition coefficient (Wildman–Crippen LogP) is 4.29. The van der Waals surface area contributed by atoms with Crippen LogP contribution in [-0.4, -0.2) is 31.7 Å². The van der Waals surface area contributed by atoms with E-state index >= 15 is 0 Å². The molecular weight excluding hydrogens is 359 g/mol. The van der Waals surface area contributed by atoms with Crippen molar-refractivity contribution in [3.8, 4) is 11.5 Å². The Morgan fingerprint density at radius 2 is 1.85 bits per heavy atom. The standard InChI is InChI=1S/C20H20F3NO3/c1-14-9-17(26-12-15-5-3-2-4-6-15)10-18(27-13-20(21,22)23)19(14)24-8-7-16(25)11-24/h2-6,9-10H,7-8,11-13H2,1H3. The second kappa shape index (κ2) is 7.90. The average Bonchev–Trinajstić information content (AvgIpc) is 3.04. The molecule has 27 heavy (non-hydrogen) atoms. The third-order valence-corrected chi connectivity index (χ3v) is 4.22. The Morgan fingerprint density at radius 3 is 2.48 bits per heavy atom. The number of alkyl halides is 3. The highest BCUT2D eigenvalue weighted by Gasteiger charge is 2.31. The minimum absolute atomic E-state index is 0.0561. The highest BCUT2D eigenvalue weighted by Crippen LogP contribution is 2.38. The molecule has 7 heteroatoms. The summed E-state index contributed by atoms with van der Waals surface area (Å²) in [6.45, 7) is 1.30. The third-order valence-electron chi connectivity index (χ3n) is 4.22. The van der Waals surface area contributed by atoms with Gasteiger partial charge in [0.1, 0.15) is 18.1 Å². The molecule has 0 amide bonds. The van der Waals surface area contributed by atoms with Crippen molar-refractivity contribution in [2.24, 2.45) is 0 Å². The van der Waals surface area contributed by atoms with Gasteiger partial charge in [-0.2, -0.15) is 13.2 Å². The van der Waals surface area contributed by atoms with Gasteiger partial charge in [-0.3, -0.25) is 4.79 Å². The summed E-state index contributed by atoms with van der Waals surface area (Å²) < 4.78 is 48.8. The van der Waals surface area contributed by atoms with Crippen LogP contribution in [-0.2, 0) is 11.4 Å². The molecule has 0 aliphatic carbocycles. The third kappa shape index (κ3) is 5.15. The van der Waals surface area contributed by atoms with E-state index in [9.17, 15) is 18.0 Å². The van der Waals surface area contributed by atoms with E-state index < -0.39 is 12.8 Å². The number of halogens is 3. The topological polar surface area (TPSA) is 38.8 Å². The minimum Gasteiger partial charge on any atom is -0.489 e. The first kappa shape index (κ1) is 19.1. The van der Waals surface area contributed by atoms with Crippen LogP contribution < -0.4 is 14.4 Å². The van der Waals surface area contributed by atoms with Gasteiger partial charge in [0.15, 0.2) is 12.4 Å². The van der Waals surface area contributed by atoms with E-state index in [1.54, 1.807) is 17.9 Å². The molecule has 0 aromatic heterocycles. The SMILES string of the molecule is Cc1cc(OCc2ccccc2)cc(OCC(F)(F)F)c1N1CCC(=O)C1. The molecular formula is C20H20F3NO3. The van der Waals surface area contributed by atoms with E-state index in [-0.39, 0.29) is 18.1 Å². The van der Waals surface area contributed by atoms with Gasteiger partial charge in [-0.1, -0.05) is 30.3 Å². The van der Waals surface area contributed by atoms with Crippen molar-refractivity contribution in [2.45, 2.75) is 26.1 Å². The van der Waals surface area contributed by atoms with Gasteiger partial charge in [-0.25, -0.2) is 0 Å². The van der Waals surface area contributed by atoms with Gasteiger partial charge in [0.2, 0.25) is 0 Å². The van der Waals surface area contributed by atoms with Crippen molar-refractivity contribution in [2.75, 3.05) is 24.6 Å². The highest BCUT2D eigenvalue weighted by molar-refractivity contribution is 5.88. The van der Waals surface area contributed by atoms with Crippen molar-refractivity contribution >= 4 is 11.5 Å². The van der Waals surface area contributed by atoms with Crippen LogP contribution >= 0.6 is 0 Å². The van der Waals surface area contributed by atoms with Crippen LogP contribution in [0.25, 0.3) is 0 Å². The Morgan fingerprint density at radius 1 is 1.11 bits per heavy atom. The molecule has 0 radical (unpaired) electrons. The van der Waals surface area contributed by atoms with Crippen LogP contribution in [0.4, 0.5) is 18.9 Å². The zero-order valence-electron chi connectivity index (χ0n) is 14.9. The molecule has 2 aromatic carbocycles. The number of Topliss-reactive ketones (excluding diaryl/α,β-unsaturated/α-hetero) is 1. The Bertz CT molecular complexity index is 806. The van der Waals surface area contributed by atoms with Crippen molar-refractivity contribution in [3.63, 3.8) is 0 Å². The number of anilines is 1. The number of nitrogens with zero attached hydrogens (tertiary/aromatic N) is 1. The summed E-state index contributed by atoms with van der Waals surface area (Å²) in [5.41, 5.74) is 2.16. The fourth-order valence-corrected chi connectivity index (χ4v) is 3.04. The Kier molecular flexibility index (Phi) is 5.58. The lowest BCUT2D eigenvalue weighted by Gasteiger charge is -2.24. The van der Waals surface area contributed by atoms with Crippen LogP contribution in [0.1, 0.15) is 17.5 Å². The lowest BCUT2D eigenvalue weighted by molar-refractivity contribution is -0.153. The normalized spacial score (nSPS) is 14.5. The summed E-state index contributed by atoms with van der Waals surface area (Å²) in [6.07, 6.45) is -4.07. The fraction of sp³-hybridized carbons (Fsp3) is 0.350. The predicted molar refractivity (Wildman–Crippen MR) is 95.3 cm³/mol. The molecule has 1 heterocycles. The molecule has 3 rings (SSSR count). The zero-order chi connectivity index (χ0) is 19.4. The molecule has 1 saturated heterocycles. The van der Waals surface area contributed by atoms with Crippen molar-refractivity contribution in [1.29, 1.82) is 0 Å². The summed E-state index contributed by atoms with van der Waals surface area (Å²) >= 11 is 0. The monoisotopic (exact) mass is 379 g/mol. The maximum atomic E-state index is 12.7. The molecule has 4 nitrogen and oxygen atoms in total. The molecule has 0 spiro atoms. The first-order valence-electron chi connectivity index (χ1n) is 8.59. The Hall–Kier alpha value is -2.70. The zero-order valence-corrected chi connectivity index (χ0v) is 14.9. The second-order valence-electron chi connectivity index (χ2n) is 6.48. The van der Waals surface area contributed by atoms with Gasteiger partial charge in [0.05, 0.1) is 12.2 Å². The van der Waals surface area contributed by atoms with Crippen LogP contribution in [0.2, 0.25) is 0 Å². The number of carbonyl (C=O) groups excluding carboxylic acids is 1. The summed E-state index contributed by atoms with van der Waals surface area (Å²) in [5.74, 6) is 0.550. The largest absolute Gasteiger partial charge is 0.489 e. The van der Waals surface area contributed by atoms with Gasteiger partial charge in [0.25, 0.3) is 0 Å². The van der Waals surface area contributed by atoms with Gasteiger partial charge >= 0.3 is 6.18 Å². The fourth-order valence-electron chi connectivity index (χ4n) is 3.04. The number of aryl methyl sites for hydroxylation is 1. The molecule has 0 unspecified atom stereocenters. The van der Waals surface area contributed by atoms with Gasteiger partial charge in [-0.05, 0) is 24.1 Å². The summed E-state index contributed by atoms with van der Waals surface area (Å²) in [5, 5.41) is 0. The maximum absolute atomic E-state index is 12.7. The lowest BCUT2D eigenvalue weighted by atomic mass is 10.1. The van der Waals surface area contributed by atoms with Crippen LogP contribution in [0.5, 0.6) is 11.5 Å². The molecule has 1 aliphatic heterocycles. The van der Waals surface area contributed by atoms with Crippen LogP contribution in [0.15, 0.2) is 42.5 Å². The number of hydrogen-bond donors (Lipinski definition) is 0. The highest BCUT2D eigenvalue weighted by atomic mass is 19.4. The molecule has 0 N–H and O–H groups in total. The van der Waals surface area contributed by atoms with E-state index in [1.807, 2.05) is 30.3 Å². The minimum atomic E-state index is -4.45. The van der Waals surface area contributed by atoms with E-state index in [4.69, 9.17) is 9.47 Å². The number of carbonyl (C=O) groups is 1. The quantitative estimate of drug-likeness (QED) is 0.750. The van der Waals surface area contributed by atoms with E-state index in [1.165, 1.54) is 6.07 Å². The second-order valence-corrected chi connectivity index (χ2v) is 6.48. The summed E-state index contributed by atoms with van der Waals surface area (Å²) in [6, 6.07) is 12.7. The molecule has 0 saturated carbocycles. The van der Waals surface area contributed by atoms with Gasteiger partial charge in [-0.15, -0.1) is 0 Å². The van der Waals surface area contributed by atoms with Crippen LogP contribution in [0, 0.1) is 6.92 Å². The summed E-state index contributed by atoms with van der Waals surface area (Å²) in [4.78, 5) is 13.4. The molecule has 1 fully saturated rings. The number of ketones is 1. The molecule has 1 aliphatic rings. The number of rotatable bonds is 6. The first-order chi connectivity index (χ1) is 12.8. The van der Waals surface area contributed by atoms with E-state index in [2.05, 4.69) is 0 Å². The molecule has 0 atom stereocenters.